The molecular formula is C20H20F6N2O4S. The van der Waals surface area contributed by atoms with E-state index in [0.717, 1.165) is 0 Å². The Morgan fingerprint density at radius 2 is 1.48 bits per heavy atom. The topological polar surface area (TPSA) is 84.5 Å². The van der Waals surface area contributed by atoms with E-state index < -0.39 is 51.7 Å². The maximum Gasteiger partial charge on any atom is 0.416 e. The highest BCUT2D eigenvalue weighted by atomic mass is 32.2. The van der Waals surface area contributed by atoms with Gasteiger partial charge in [-0.1, -0.05) is 6.92 Å². The summed E-state index contributed by atoms with van der Waals surface area (Å²) in [6.45, 7) is 2.75. The van der Waals surface area contributed by atoms with Crippen molar-refractivity contribution in [3.63, 3.8) is 0 Å². The number of sulfonamides is 1. The molecule has 0 aliphatic carbocycles. The van der Waals surface area contributed by atoms with Crippen molar-refractivity contribution in [3.05, 3.63) is 53.6 Å². The van der Waals surface area contributed by atoms with Gasteiger partial charge in [0, 0.05) is 11.7 Å². The molecule has 0 unspecified atom stereocenters. The zero-order valence-electron chi connectivity index (χ0n) is 17.3. The number of amides is 1. The van der Waals surface area contributed by atoms with Gasteiger partial charge >= 0.3 is 12.4 Å². The first-order chi connectivity index (χ1) is 15.1. The van der Waals surface area contributed by atoms with Crippen molar-refractivity contribution in [2.24, 2.45) is 0 Å². The number of hydrogen-bond acceptors (Lipinski definition) is 4. The molecule has 0 spiro atoms. The Kier molecular flexibility index (Phi) is 8.01. The number of nitrogens with one attached hydrogen (secondary N) is 2. The summed E-state index contributed by atoms with van der Waals surface area (Å²) >= 11 is 0. The van der Waals surface area contributed by atoms with Crippen LogP contribution in [0, 0.1) is 0 Å². The van der Waals surface area contributed by atoms with Crippen molar-refractivity contribution in [2.45, 2.75) is 43.6 Å². The van der Waals surface area contributed by atoms with E-state index in [1.54, 1.807) is 13.8 Å². The van der Waals surface area contributed by atoms with Crippen molar-refractivity contribution in [2.75, 3.05) is 11.9 Å². The van der Waals surface area contributed by atoms with Crippen molar-refractivity contribution < 1.29 is 44.3 Å². The first-order valence-corrected chi connectivity index (χ1v) is 10.9. The van der Waals surface area contributed by atoms with Crippen LogP contribution in [0.5, 0.6) is 5.75 Å². The normalized spacial score (nSPS) is 13.5. The van der Waals surface area contributed by atoms with Crippen LogP contribution >= 0.6 is 0 Å². The average molecular weight is 498 g/mol. The van der Waals surface area contributed by atoms with Crippen LogP contribution in [0.2, 0.25) is 0 Å². The maximum absolute atomic E-state index is 12.9. The summed E-state index contributed by atoms with van der Waals surface area (Å²) < 4.78 is 109. The Balaban J connectivity index is 2.07. The zero-order chi connectivity index (χ0) is 25.0. The van der Waals surface area contributed by atoms with Crippen LogP contribution in [-0.2, 0) is 27.2 Å². The van der Waals surface area contributed by atoms with Gasteiger partial charge in [-0.3, -0.25) is 4.79 Å². The van der Waals surface area contributed by atoms with Gasteiger partial charge < -0.3 is 10.1 Å². The van der Waals surface area contributed by atoms with Crippen LogP contribution in [0.25, 0.3) is 0 Å². The van der Waals surface area contributed by atoms with Gasteiger partial charge in [0.1, 0.15) is 5.75 Å². The number of carbonyl (C=O) groups excluding carboxylic acids is 1. The van der Waals surface area contributed by atoms with E-state index in [4.69, 9.17) is 4.74 Å². The molecule has 2 rings (SSSR count). The predicted octanol–water partition coefficient (Wildman–Crippen LogP) is 4.82. The summed E-state index contributed by atoms with van der Waals surface area (Å²) in [6.07, 6.45) is -9.53. The van der Waals surface area contributed by atoms with Gasteiger partial charge in [-0.2, -0.15) is 26.3 Å². The second kappa shape index (κ2) is 10.00. The Hall–Kier alpha value is -2.80. The lowest BCUT2D eigenvalue weighted by Gasteiger charge is -2.15. The fourth-order valence-electron chi connectivity index (χ4n) is 2.50. The van der Waals surface area contributed by atoms with Crippen molar-refractivity contribution in [1.82, 2.24) is 4.72 Å². The lowest BCUT2D eigenvalue weighted by molar-refractivity contribution is -0.143. The lowest BCUT2D eigenvalue weighted by atomic mass is 10.1. The maximum atomic E-state index is 12.9. The van der Waals surface area contributed by atoms with Crippen LogP contribution in [-0.4, -0.2) is 27.0 Å². The molecule has 1 atom stereocenters. The first-order valence-electron chi connectivity index (χ1n) is 9.46. The predicted molar refractivity (Wildman–Crippen MR) is 107 cm³/mol. The lowest BCUT2D eigenvalue weighted by Crippen LogP contribution is -2.31. The minimum atomic E-state index is -5.05. The van der Waals surface area contributed by atoms with Crippen LogP contribution in [0.15, 0.2) is 47.4 Å². The molecule has 0 fully saturated rings. The quantitative estimate of drug-likeness (QED) is 0.512. The summed E-state index contributed by atoms with van der Waals surface area (Å²) in [5.41, 5.74) is -3.85. The minimum absolute atomic E-state index is 0.0525. The molecule has 0 aliphatic rings. The molecule has 0 aliphatic heterocycles. The molecule has 33 heavy (non-hydrogen) atoms. The fraction of sp³-hybridized carbons (Fsp3) is 0.350. The summed E-state index contributed by atoms with van der Waals surface area (Å²) in [4.78, 5) is 11.9. The molecule has 0 radical (unpaired) electrons. The highest BCUT2D eigenvalue weighted by Crippen LogP contribution is 2.37. The number of ether oxygens (including phenoxy) is 1. The molecule has 0 heterocycles. The summed E-state index contributed by atoms with van der Waals surface area (Å²) in [5, 5.41) is 1.93. The van der Waals surface area contributed by atoms with Gasteiger partial charge in [0.2, 0.25) is 10.0 Å². The molecule has 2 aromatic carbocycles. The molecule has 2 aromatic rings. The number of alkyl halides is 6. The zero-order valence-corrected chi connectivity index (χ0v) is 18.2. The smallest absolute Gasteiger partial charge is 0.416 e. The average Bonchev–Trinajstić information content (AvgIpc) is 2.70. The number of carbonyl (C=O) groups is 1. The molecule has 0 aromatic heterocycles. The van der Waals surface area contributed by atoms with E-state index in [2.05, 4.69) is 4.72 Å². The van der Waals surface area contributed by atoms with E-state index >= 15 is 0 Å². The Bertz CT molecular complexity index is 1050. The monoisotopic (exact) mass is 498 g/mol. The highest BCUT2D eigenvalue weighted by Gasteiger charge is 2.37. The number of hydrogen-bond donors (Lipinski definition) is 2. The molecular weight excluding hydrogens is 478 g/mol. The fourth-order valence-corrected chi connectivity index (χ4v) is 3.83. The summed E-state index contributed by atoms with van der Waals surface area (Å²) in [7, 11) is -3.76. The molecule has 0 saturated heterocycles. The third kappa shape index (κ3) is 7.63. The van der Waals surface area contributed by atoms with Crippen LogP contribution in [0.1, 0.15) is 31.4 Å². The van der Waals surface area contributed by atoms with Crippen molar-refractivity contribution in [1.29, 1.82) is 0 Å². The van der Waals surface area contributed by atoms with Crippen molar-refractivity contribution in [3.8, 4) is 5.75 Å². The number of benzene rings is 2. The molecule has 1 amide bonds. The van der Waals surface area contributed by atoms with E-state index in [-0.39, 0.29) is 22.8 Å². The van der Waals surface area contributed by atoms with Gasteiger partial charge in [-0.05, 0) is 55.8 Å². The van der Waals surface area contributed by atoms with Crippen LogP contribution in [0.3, 0.4) is 0 Å². The van der Waals surface area contributed by atoms with Gasteiger partial charge in [-0.15, -0.1) is 0 Å². The summed E-state index contributed by atoms with van der Waals surface area (Å²) in [5.74, 6) is -0.953. The molecule has 0 bridgehead atoms. The number of halogens is 6. The van der Waals surface area contributed by atoms with E-state index in [1.165, 1.54) is 24.3 Å². The standard InChI is InChI=1S/C20H20F6N2O4S/c1-3-12(2)28-33(30,31)17-6-4-16(5-7-17)32-11-18(29)27-15-9-13(19(21,22)23)8-14(10-15)20(24,25)26/h4-10,12,28H,3,11H2,1-2H3,(H,27,29)/t12-/m1/s1. The third-order valence-corrected chi connectivity index (χ3v) is 5.95. The second-order valence-corrected chi connectivity index (χ2v) is 8.75. The molecule has 6 nitrogen and oxygen atoms in total. The SMILES string of the molecule is CC[C@@H](C)NS(=O)(=O)c1ccc(OCC(=O)Nc2cc(C(F)(F)F)cc(C(F)(F)F)c2)cc1. The van der Waals surface area contributed by atoms with Gasteiger partial charge in [-0.25, -0.2) is 13.1 Å². The third-order valence-electron chi connectivity index (χ3n) is 4.34. The molecule has 13 heteroatoms. The van der Waals surface area contributed by atoms with Gasteiger partial charge in [0.25, 0.3) is 5.91 Å². The van der Waals surface area contributed by atoms with Gasteiger partial charge in [0.15, 0.2) is 6.61 Å². The largest absolute Gasteiger partial charge is 0.484 e. The van der Waals surface area contributed by atoms with E-state index in [9.17, 15) is 39.6 Å². The molecule has 2 N–H and O–H groups in total. The minimum Gasteiger partial charge on any atom is -0.484 e. The Labute approximate surface area is 186 Å². The number of rotatable bonds is 8. The first kappa shape index (κ1) is 26.5. The van der Waals surface area contributed by atoms with Crippen LogP contribution in [0.4, 0.5) is 32.0 Å². The van der Waals surface area contributed by atoms with E-state index in [1.807, 2.05) is 5.32 Å². The van der Waals surface area contributed by atoms with E-state index in [0.29, 0.717) is 18.6 Å². The molecule has 0 saturated carbocycles. The Morgan fingerprint density at radius 1 is 0.970 bits per heavy atom. The van der Waals surface area contributed by atoms with Crippen molar-refractivity contribution >= 4 is 21.6 Å². The van der Waals surface area contributed by atoms with Gasteiger partial charge in [0.05, 0.1) is 16.0 Å². The highest BCUT2D eigenvalue weighted by molar-refractivity contribution is 7.89. The summed E-state index contributed by atoms with van der Waals surface area (Å²) in [6, 6.07) is 5.35. The second-order valence-electron chi connectivity index (χ2n) is 7.03. The van der Waals surface area contributed by atoms with Crippen LogP contribution < -0.4 is 14.8 Å². The Morgan fingerprint density at radius 3 is 1.94 bits per heavy atom. The molecule has 182 valence electrons. The number of anilines is 1.